The lowest BCUT2D eigenvalue weighted by Gasteiger charge is -2.39. The van der Waals surface area contributed by atoms with Crippen molar-refractivity contribution in [1.29, 1.82) is 0 Å². The van der Waals surface area contributed by atoms with Gasteiger partial charge in [0.25, 0.3) is 0 Å². The number of benzene rings is 1. The number of hydrogen-bond acceptors (Lipinski definition) is 6. The van der Waals surface area contributed by atoms with Crippen molar-refractivity contribution in [1.82, 2.24) is 14.9 Å². The lowest BCUT2D eigenvalue weighted by molar-refractivity contribution is -0.123. The molecular formula is C22H25N5OS. The third kappa shape index (κ3) is 3.38. The van der Waals surface area contributed by atoms with E-state index < -0.39 is 0 Å². The van der Waals surface area contributed by atoms with Gasteiger partial charge in [-0.3, -0.25) is 9.69 Å². The summed E-state index contributed by atoms with van der Waals surface area (Å²) >= 11 is 1.84. The zero-order valence-corrected chi connectivity index (χ0v) is 17.2. The Morgan fingerprint density at radius 3 is 2.55 bits per heavy atom. The van der Waals surface area contributed by atoms with Gasteiger partial charge in [0.2, 0.25) is 5.91 Å². The van der Waals surface area contributed by atoms with Gasteiger partial charge in [-0.25, -0.2) is 9.97 Å². The molecular weight excluding hydrogens is 382 g/mol. The number of anilines is 1. The van der Waals surface area contributed by atoms with Crippen LogP contribution in [0.1, 0.15) is 34.9 Å². The molecule has 0 bridgehead atoms. The predicted octanol–water partition coefficient (Wildman–Crippen LogP) is 2.92. The molecule has 1 atom stereocenters. The number of aromatic nitrogens is 2. The van der Waals surface area contributed by atoms with E-state index in [1.54, 1.807) is 6.33 Å². The number of nitrogens with zero attached hydrogens (tertiary/aromatic N) is 4. The number of carbonyl (C=O) groups is 1. The zero-order chi connectivity index (χ0) is 19.8. The fourth-order valence-corrected chi connectivity index (χ4v) is 5.92. The highest BCUT2D eigenvalue weighted by Gasteiger charge is 2.30. The quantitative estimate of drug-likeness (QED) is 0.720. The van der Waals surface area contributed by atoms with Crippen molar-refractivity contribution < 1.29 is 4.79 Å². The van der Waals surface area contributed by atoms with E-state index in [0.29, 0.717) is 0 Å². The van der Waals surface area contributed by atoms with Crippen LogP contribution in [0.25, 0.3) is 10.2 Å². The fourth-order valence-electron chi connectivity index (χ4n) is 4.70. The Hall–Kier alpha value is -2.51. The van der Waals surface area contributed by atoms with E-state index in [2.05, 4.69) is 19.8 Å². The second kappa shape index (κ2) is 7.72. The van der Waals surface area contributed by atoms with Crippen LogP contribution in [-0.2, 0) is 17.6 Å². The number of primary amides is 1. The maximum absolute atomic E-state index is 12.2. The Balaban J connectivity index is 1.40. The zero-order valence-electron chi connectivity index (χ0n) is 16.4. The molecule has 2 aromatic heterocycles. The van der Waals surface area contributed by atoms with Gasteiger partial charge in [-0.15, -0.1) is 11.3 Å². The smallest absolute Gasteiger partial charge is 0.239 e. The summed E-state index contributed by atoms with van der Waals surface area (Å²) in [6.45, 7) is 3.21. The number of amides is 1. The van der Waals surface area contributed by atoms with Crippen molar-refractivity contribution in [2.75, 3.05) is 31.1 Å². The highest BCUT2D eigenvalue weighted by atomic mass is 32.1. The van der Waals surface area contributed by atoms with Crippen molar-refractivity contribution in [3.8, 4) is 0 Å². The average molecular weight is 408 g/mol. The van der Waals surface area contributed by atoms with Gasteiger partial charge in [-0.05, 0) is 36.8 Å². The first kappa shape index (κ1) is 18.5. The number of rotatable bonds is 4. The molecule has 1 saturated heterocycles. The SMILES string of the molecule is NC(=O)C(c1ccccc1)N1CCN(c2ncnc3sc4c(c23)CCCC4)CC1. The van der Waals surface area contributed by atoms with E-state index in [0.717, 1.165) is 48.8 Å². The van der Waals surface area contributed by atoms with Gasteiger partial charge in [0.15, 0.2) is 0 Å². The first-order valence-corrected chi connectivity index (χ1v) is 11.1. The summed E-state index contributed by atoms with van der Waals surface area (Å²) in [6, 6.07) is 9.46. The number of thiophene rings is 1. The van der Waals surface area contributed by atoms with Crippen LogP contribution in [-0.4, -0.2) is 47.0 Å². The molecule has 1 fully saturated rings. The van der Waals surface area contributed by atoms with Crippen molar-refractivity contribution in [3.63, 3.8) is 0 Å². The maximum atomic E-state index is 12.2. The fraction of sp³-hybridized carbons (Fsp3) is 0.409. The second-order valence-electron chi connectivity index (χ2n) is 7.83. The van der Waals surface area contributed by atoms with Crippen molar-refractivity contribution in [2.24, 2.45) is 5.73 Å². The molecule has 1 aromatic carbocycles. The van der Waals surface area contributed by atoms with Gasteiger partial charge in [0.1, 0.15) is 23.0 Å². The van der Waals surface area contributed by atoms with Gasteiger partial charge in [-0.2, -0.15) is 0 Å². The molecule has 0 radical (unpaired) electrons. The van der Waals surface area contributed by atoms with Crippen molar-refractivity contribution >= 4 is 33.3 Å². The summed E-state index contributed by atoms with van der Waals surface area (Å²) in [6.07, 6.45) is 6.52. The predicted molar refractivity (Wildman–Crippen MR) is 116 cm³/mol. The number of carbonyl (C=O) groups excluding carboxylic acids is 1. The minimum Gasteiger partial charge on any atom is -0.368 e. The van der Waals surface area contributed by atoms with Crippen LogP contribution >= 0.6 is 11.3 Å². The molecule has 3 aromatic rings. The summed E-state index contributed by atoms with van der Waals surface area (Å²) < 4.78 is 0. The normalized spacial score (nSPS) is 18.6. The topological polar surface area (TPSA) is 75.4 Å². The summed E-state index contributed by atoms with van der Waals surface area (Å²) in [7, 11) is 0. The largest absolute Gasteiger partial charge is 0.368 e. The van der Waals surface area contributed by atoms with Gasteiger partial charge >= 0.3 is 0 Å². The van der Waals surface area contributed by atoms with E-state index in [1.165, 1.54) is 35.1 Å². The molecule has 1 unspecified atom stereocenters. The number of nitrogens with two attached hydrogens (primary N) is 1. The summed E-state index contributed by atoms with van der Waals surface area (Å²) in [5.74, 6) is 0.769. The van der Waals surface area contributed by atoms with E-state index >= 15 is 0 Å². The van der Waals surface area contributed by atoms with Crippen LogP contribution in [0.5, 0.6) is 0 Å². The minimum atomic E-state index is -0.377. The molecule has 1 aliphatic carbocycles. The molecule has 2 aliphatic rings. The van der Waals surface area contributed by atoms with Crippen LogP contribution in [0.3, 0.4) is 0 Å². The average Bonchev–Trinajstić information content (AvgIpc) is 3.14. The number of fused-ring (bicyclic) bond motifs is 3. The summed E-state index contributed by atoms with van der Waals surface area (Å²) in [4.78, 5) is 28.6. The van der Waals surface area contributed by atoms with Crippen molar-refractivity contribution in [2.45, 2.75) is 31.7 Å². The van der Waals surface area contributed by atoms with E-state index in [-0.39, 0.29) is 11.9 Å². The summed E-state index contributed by atoms with van der Waals surface area (Å²) in [5.41, 5.74) is 8.20. The molecule has 1 aliphatic heterocycles. The van der Waals surface area contributed by atoms with Crippen LogP contribution < -0.4 is 10.6 Å². The van der Waals surface area contributed by atoms with Gasteiger partial charge in [0, 0.05) is 31.1 Å². The van der Waals surface area contributed by atoms with Crippen LogP contribution in [0.15, 0.2) is 36.7 Å². The monoisotopic (exact) mass is 407 g/mol. The maximum Gasteiger partial charge on any atom is 0.239 e. The van der Waals surface area contributed by atoms with Gasteiger partial charge < -0.3 is 10.6 Å². The third-order valence-corrected chi connectivity index (χ3v) is 7.29. The first-order valence-electron chi connectivity index (χ1n) is 10.3. The Morgan fingerprint density at radius 1 is 1.03 bits per heavy atom. The standard InChI is InChI=1S/C22H25N5OS/c23-20(28)19(15-6-2-1-3-7-15)26-10-12-27(13-11-26)21-18-16-8-4-5-9-17(16)29-22(18)25-14-24-21/h1-3,6-7,14,19H,4-5,8-13H2,(H2,23,28). The third-order valence-electron chi connectivity index (χ3n) is 6.10. The molecule has 29 heavy (non-hydrogen) atoms. The van der Waals surface area contributed by atoms with Gasteiger partial charge in [-0.1, -0.05) is 30.3 Å². The molecule has 3 heterocycles. The Bertz CT molecular complexity index is 1030. The molecule has 150 valence electrons. The van der Waals surface area contributed by atoms with Gasteiger partial charge in [0.05, 0.1) is 5.39 Å². The van der Waals surface area contributed by atoms with E-state index in [9.17, 15) is 4.79 Å². The highest BCUT2D eigenvalue weighted by Crippen LogP contribution is 2.39. The number of piperazine rings is 1. The Labute approximate surface area is 174 Å². The lowest BCUT2D eigenvalue weighted by Crippen LogP contribution is -2.50. The van der Waals surface area contributed by atoms with Crippen LogP contribution in [0, 0.1) is 0 Å². The number of aryl methyl sites for hydroxylation is 2. The molecule has 5 rings (SSSR count). The Kier molecular flexibility index (Phi) is 4.93. The van der Waals surface area contributed by atoms with E-state index in [4.69, 9.17) is 5.73 Å². The molecule has 2 N–H and O–H groups in total. The molecule has 0 spiro atoms. The van der Waals surface area contributed by atoms with Crippen LogP contribution in [0.4, 0.5) is 5.82 Å². The molecule has 6 nitrogen and oxygen atoms in total. The highest BCUT2D eigenvalue weighted by molar-refractivity contribution is 7.19. The molecule has 1 amide bonds. The second-order valence-corrected chi connectivity index (χ2v) is 8.91. The first-order chi connectivity index (χ1) is 14.2. The lowest BCUT2D eigenvalue weighted by atomic mass is 9.97. The molecule has 0 saturated carbocycles. The summed E-state index contributed by atoms with van der Waals surface area (Å²) in [5, 5.41) is 1.26. The van der Waals surface area contributed by atoms with Crippen molar-refractivity contribution in [3.05, 3.63) is 52.7 Å². The van der Waals surface area contributed by atoms with Crippen LogP contribution in [0.2, 0.25) is 0 Å². The number of hydrogen-bond donors (Lipinski definition) is 1. The van der Waals surface area contributed by atoms with E-state index in [1.807, 2.05) is 41.7 Å². The minimum absolute atomic E-state index is 0.291. The molecule has 7 heteroatoms. The Morgan fingerprint density at radius 2 is 1.79 bits per heavy atom.